The van der Waals surface area contributed by atoms with Gasteiger partial charge >= 0.3 is 0 Å². The van der Waals surface area contributed by atoms with Crippen molar-refractivity contribution in [3.05, 3.63) is 15.6 Å². The number of carbonyl (C=O) groups excluding carboxylic acids is 1. The van der Waals surface area contributed by atoms with Gasteiger partial charge in [0.25, 0.3) is 0 Å². The normalized spacial score (nSPS) is 22.7. The molecule has 3 rings (SSSR count). The van der Waals surface area contributed by atoms with Gasteiger partial charge in [-0.25, -0.2) is 4.98 Å². The standard InChI is InChI=1S/C12H15NO2S/c1-15-12(6-3-7-12)11-13-10-8(14)4-2-5-9(10)16-11/h2-7H2,1H3. The molecule has 1 aromatic rings. The van der Waals surface area contributed by atoms with Gasteiger partial charge in [0.15, 0.2) is 5.78 Å². The lowest BCUT2D eigenvalue weighted by Crippen LogP contribution is -2.36. The molecule has 4 heteroatoms. The number of carbonyl (C=O) groups is 1. The summed E-state index contributed by atoms with van der Waals surface area (Å²) >= 11 is 1.69. The maximum atomic E-state index is 11.7. The largest absolute Gasteiger partial charge is 0.371 e. The average Bonchev–Trinajstić information content (AvgIpc) is 2.62. The van der Waals surface area contributed by atoms with Gasteiger partial charge in [0.05, 0.1) is 0 Å². The van der Waals surface area contributed by atoms with Gasteiger partial charge in [0, 0.05) is 18.4 Å². The molecule has 0 saturated heterocycles. The molecule has 86 valence electrons. The van der Waals surface area contributed by atoms with E-state index in [4.69, 9.17) is 4.74 Å². The Morgan fingerprint density at radius 1 is 1.31 bits per heavy atom. The fourth-order valence-corrected chi connectivity index (χ4v) is 3.81. The third-order valence-corrected chi connectivity index (χ3v) is 5.01. The van der Waals surface area contributed by atoms with Gasteiger partial charge in [-0.1, -0.05) is 0 Å². The second-order valence-electron chi connectivity index (χ2n) is 4.62. The second-order valence-corrected chi connectivity index (χ2v) is 5.70. The van der Waals surface area contributed by atoms with Crippen LogP contribution in [0.5, 0.6) is 0 Å². The first-order valence-corrected chi connectivity index (χ1v) is 6.65. The Balaban J connectivity index is 2.00. The number of rotatable bonds is 2. The first-order valence-electron chi connectivity index (χ1n) is 5.84. The minimum absolute atomic E-state index is 0.164. The molecule has 2 aliphatic rings. The number of thiazole rings is 1. The van der Waals surface area contributed by atoms with Crippen LogP contribution in [-0.2, 0) is 16.8 Å². The van der Waals surface area contributed by atoms with Gasteiger partial charge in [0.1, 0.15) is 16.3 Å². The molecule has 0 spiro atoms. The monoisotopic (exact) mass is 237 g/mol. The van der Waals surface area contributed by atoms with Crippen LogP contribution in [0.4, 0.5) is 0 Å². The van der Waals surface area contributed by atoms with E-state index in [0.29, 0.717) is 6.42 Å². The van der Waals surface area contributed by atoms with Crippen molar-refractivity contribution in [2.75, 3.05) is 7.11 Å². The van der Waals surface area contributed by atoms with Crippen LogP contribution in [0.3, 0.4) is 0 Å². The molecule has 0 bridgehead atoms. The minimum atomic E-state index is -0.164. The van der Waals surface area contributed by atoms with E-state index in [-0.39, 0.29) is 11.4 Å². The van der Waals surface area contributed by atoms with Crippen molar-refractivity contribution in [3.63, 3.8) is 0 Å². The highest BCUT2D eigenvalue weighted by Gasteiger charge is 2.42. The zero-order chi connectivity index (χ0) is 11.2. The van der Waals surface area contributed by atoms with Crippen LogP contribution in [0.15, 0.2) is 0 Å². The molecule has 0 aromatic carbocycles. The summed E-state index contributed by atoms with van der Waals surface area (Å²) in [6.45, 7) is 0. The van der Waals surface area contributed by atoms with E-state index in [1.54, 1.807) is 18.4 Å². The van der Waals surface area contributed by atoms with Crippen molar-refractivity contribution >= 4 is 17.1 Å². The Bertz CT molecular complexity index is 429. The number of nitrogens with zero attached hydrogens (tertiary/aromatic N) is 1. The van der Waals surface area contributed by atoms with Gasteiger partial charge < -0.3 is 4.74 Å². The quantitative estimate of drug-likeness (QED) is 0.794. The predicted molar refractivity (Wildman–Crippen MR) is 61.9 cm³/mol. The van der Waals surface area contributed by atoms with Crippen molar-refractivity contribution in [1.82, 2.24) is 4.98 Å². The number of Topliss-reactive ketones (excluding diaryl/α,β-unsaturated/α-hetero) is 1. The van der Waals surface area contributed by atoms with Crippen molar-refractivity contribution in [3.8, 4) is 0 Å². The number of fused-ring (bicyclic) bond motifs is 1. The molecular formula is C12H15NO2S. The third kappa shape index (κ3) is 1.36. The Morgan fingerprint density at radius 3 is 2.69 bits per heavy atom. The maximum Gasteiger partial charge on any atom is 0.182 e. The molecule has 1 saturated carbocycles. The first-order chi connectivity index (χ1) is 7.75. The molecule has 0 N–H and O–H groups in total. The van der Waals surface area contributed by atoms with Crippen LogP contribution >= 0.6 is 11.3 Å². The fraction of sp³-hybridized carbons (Fsp3) is 0.667. The highest BCUT2D eigenvalue weighted by Crippen LogP contribution is 2.46. The number of hydrogen-bond donors (Lipinski definition) is 0. The van der Waals surface area contributed by atoms with Crippen LogP contribution in [-0.4, -0.2) is 17.9 Å². The lowest BCUT2D eigenvalue weighted by molar-refractivity contribution is -0.0779. The molecule has 0 unspecified atom stereocenters. The van der Waals surface area contributed by atoms with Crippen LogP contribution in [0.2, 0.25) is 0 Å². The molecule has 3 nitrogen and oxygen atoms in total. The summed E-state index contributed by atoms with van der Waals surface area (Å²) in [5.41, 5.74) is 0.567. The van der Waals surface area contributed by atoms with E-state index in [1.165, 1.54) is 11.3 Å². The van der Waals surface area contributed by atoms with E-state index in [9.17, 15) is 4.79 Å². The van der Waals surface area contributed by atoms with Crippen LogP contribution in [0, 0.1) is 0 Å². The fourth-order valence-electron chi connectivity index (χ4n) is 2.47. The summed E-state index contributed by atoms with van der Waals surface area (Å²) in [5, 5.41) is 1.03. The highest BCUT2D eigenvalue weighted by molar-refractivity contribution is 7.12. The lowest BCUT2D eigenvalue weighted by Gasteiger charge is -2.38. The molecule has 1 fully saturated rings. The summed E-state index contributed by atoms with van der Waals surface area (Å²) in [4.78, 5) is 17.4. The summed E-state index contributed by atoms with van der Waals surface area (Å²) in [7, 11) is 1.75. The van der Waals surface area contributed by atoms with Gasteiger partial charge in [-0.3, -0.25) is 4.79 Å². The number of aromatic nitrogens is 1. The summed E-state index contributed by atoms with van der Waals surface area (Å²) < 4.78 is 5.61. The molecule has 0 radical (unpaired) electrons. The number of ether oxygens (including phenoxy) is 1. The van der Waals surface area contributed by atoms with Crippen molar-refractivity contribution in [2.24, 2.45) is 0 Å². The average molecular weight is 237 g/mol. The Kier molecular flexibility index (Phi) is 2.37. The van der Waals surface area contributed by atoms with Crippen LogP contribution in [0.25, 0.3) is 0 Å². The molecule has 1 aromatic heterocycles. The number of methoxy groups -OCH3 is 1. The lowest BCUT2D eigenvalue weighted by atomic mass is 9.80. The molecular weight excluding hydrogens is 222 g/mol. The van der Waals surface area contributed by atoms with E-state index >= 15 is 0 Å². The number of hydrogen-bond acceptors (Lipinski definition) is 4. The van der Waals surface area contributed by atoms with Gasteiger partial charge in [-0.05, 0) is 32.1 Å². The molecule has 1 heterocycles. The molecule has 0 amide bonds. The van der Waals surface area contributed by atoms with Crippen molar-refractivity contribution in [2.45, 2.75) is 44.1 Å². The molecule has 0 aliphatic heterocycles. The third-order valence-electron chi connectivity index (χ3n) is 3.71. The Hall–Kier alpha value is -0.740. The second kappa shape index (κ2) is 3.64. The van der Waals surface area contributed by atoms with E-state index in [1.807, 2.05) is 0 Å². The molecule has 16 heavy (non-hydrogen) atoms. The zero-order valence-electron chi connectivity index (χ0n) is 9.41. The van der Waals surface area contributed by atoms with Gasteiger partial charge in [-0.2, -0.15) is 0 Å². The van der Waals surface area contributed by atoms with Gasteiger partial charge in [-0.15, -0.1) is 11.3 Å². The minimum Gasteiger partial charge on any atom is -0.371 e. The summed E-state index contributed by atoms with van der Waals surface area (Å²) in [6, 6.07) is 0. The van der Waals surface area contributed by atoms with Crippen molar-refractivity contribution < 1.29 is 9.53 Å². The SMILES string of the molecule is COC1(c2nc3c(s2)CCCC3=O)CCC1. The van der Waals surface area contributed by atoms with Gasteiger partial charge in [0.2, 0.25) is 0 Å². The maximum absolute atomic E-state index is 11.7. The highest BCUT2D eigenvalue weighted by atomic mass is 32.1. The van der Waals surface area contributed by atoms with Crippen LogP contribution < -0.4 is 0 Å². The van der Waals surface area contributed by atoms with Crippen molar-refractivity contribution in [1.29, 1.82) is 0 Å². The van der Waals surface area contributed by atoms with Crippen LogP contribution in [0.1, 0.15) is 52.5 Å². The van der Waals surface area contributed by atoms with E-state index in [2.05, 4.69) is 4.98 Å². The van der Waals surface area contributed by atoms with E-state index < -0.39 is 0 Å². The molecule has 0 atom stereocenters. The Morgan fingerprint density at radius 2 is 2.12 bits per heavy atom. The zero-order valence-corrected chi connectivity index (χ0v) is 10.2. The first kappa shape index (κ1) is 10.4. The topological polar surface area (TPSA) is 39.2 Å². The molecule has 2 aliphatic carbocycles. The number of ketones is 1. The summed E-state index contributed by atoms with van der Waals surface area (Å²) in [5.74, 6) is 0.217. The van der Waals surface area contributed by atoms with E-state index in [0.717, 1.165) is 36.4 Å². The summed E-state index contributed by atoms with van der Waals surface area (Å²) in [6.07, 6.45) is 5.95. The number of aryl methyl sites for hydroxylation is 1. The smallest absolute Gasteiger partial charge is 0.182 e. The Labute approximate surface area is 98.8 Å². The predicted octanol–water partition coefficient (Wildman–Crippen LogP) is 2.69.